The van der Waals surface area contributed by atoms with Gasteiger partial charge in [0.15, 0.2) is 11.5 Å². The maximum atomic E-state index is 13.9. The smallest absolute Gasteiger partial charge is 0.246 e. The molecule has 1 spiro atoms. The summed E-state index contributed by atoms with van der Waals surface area (Å²) >= 11 is 0. The van der Waals surface area contributed by atoms with Gasteiger partial charge in [-0.2, -0.15) is 0 Å². The van der Waals surface area contributed by atoms with Gasteiger partial charge in [0, 0.05) is 23.0 Å². The van der Waals surface area contributed by atoms with E-state index in [0.717, 1.165) is 27.9 Å². The first-order valence-corrected chi connectivity index (χ1v) is 10.8. The Labute approximate surface area is 190 Å². The third-order valence-corrected chi connectivity index (χ3v) is 6.45. The maximum absolute atomic E-state index is 13.9. The summed E-state index contributed by atoms with van der Waals surface area (Å²) < 4.78 is 17.0. The van der Waals surface area contributed by atoms with Gasteiger partial charge in [-0.15, -0.1) is 0 Å². The van der Waals surface area contributed by atoms with Gasteiger partial charge in [0.2, 0.25) is 18.6 Å². The standard InChI is InChI=1S/C26H22N2O5/c1-15-7-16(2)9-17(8-15)27-24(29)12-28-20-6-4-3-5-18(20)26(25(28)30)13-31-21-11-23-22(10-19(21)26)32-14-33-23/h3-11H,12-14H2,1-2H3,(H,27,29). The predicted octanol–water partition coefficient (Wildman–Crippen LogP) is 3.70. The number of nitrogens with zero attached hydrogens (tertiary/aromatic N) is 1. The van der Waals surface area contributed by atoms with Crippen LogP contribution in [0.5, 0.6) is 17.2 Å². The second-order valence-electron chi connectivity index (χ2n) is 8.73. The molecule has 0 aromatic heterocycles. The lowest BCUT2D eigenvalue weighted by atomic mass is 9.77. The molecule has 1 unspecified atom stereocenters. The summed E-state index contributed by atoms with van der Waals surface area (Å²) in [6.07, 6.45) is 0. The fourth-order valence-electron chi connectivity index (χ4n) is 5.11. The third kappa shape index (κ3) is 2.88. The van der Waals surface area contributed by atoms with Crippen molar-refractivity contribution in [3.63, 3.8) is 0 Å². The second kappa shape index (κ2) is 7.00. The first kappa shape index (κ1) is 19.7. The summed E-state index contributed by atoms with van der Waals surface area (Å²) in [6.45, 7) is 4.17. The van der Waals surface area contributed by atoms with E-state index in [2.05, 4.69) is 5.32 Å². The zero-order valence-electron chi connectivity index (χ0n) is 18.3. The molecule has 1 N–H and O–H groups in total. The molecule has 166 valence electrons. The van der Waals surface area contributed by atoms with Gasteiger partial charge in [-0.25, -0.2) is 0 Å². The van der Waals surface area contributed by atoms with Crippen LogP contribution in [-0.4, -0.2) is 31.8 Å². The van der Waals surface area contributed by atoms with E-state index in [1.54, 1.807) is 11.0 Å². The molecular formula is C26H22N2O5. The van der Waals surface area contributed by atoms with E-state index in [1.807, 2.05) is 62.4 Å². The molecule has 0 saturated heterocycles. The molecule has 0 fully saturated rings. The molecule has 6 rings (SSSR count). The molecule has 0 bridgehead atoms. The lowest BCUT2D eigenvalue weighted by Crippen LogP contribution is -2.45. The summed E-state index contributed by atoms with van der Waals surface area (Å²) in [6, 6.07) is 17.0. The average molecular weight is 442 g/mol. The Bertz CT molecular complexity index is 1310. The fourth-order valence-corrected chi connectivity index (χ4v) is 5.11. The molecule has 1 atom stereocenters. The van der Waals surface area contributed by atoms with Crippen molar-refractivity contribution in [2.24, 2.45) is 0 Å². The number of nitrogens with one attached hydrogen (secondary N) is 1. The number of benzene rings is 3. The molecule has 33 heavy (non-hydrogen) atoms. The quantitative estimate of drug-likeness (QED) is 0.670. The minimum Gasteiger partial charge on any atom is -0.491 e. The van der Waals surface area contributed by atoms with Crippen LogP contribution >= 0.6 is 0 Å². The molecule has 7 heteroatoms. The molecule has 3 aromatic rings. The molecule has 7 nitrogen and oxygen atoms in total. The van der Waals surface area contributed by atoms with Crippen LogP contribution in [0.1, 0.15) is 22.3 Å². The Balaban J connectivity index is 1.36. The highest BCUT2D eigenvalue weighted by Crippen LogP contribution is 2.54. The number of fused-ring (bicyclic) bond motifs is 5. The number of carbonyl (C=O) groups is 2. The SMILES string of the molecule is Cc1cc(C)cc(NC(=O)CN2C(=O)C3(COc4cc5c(cc43)OCO5)c3ccccc32)c1. The van der Waals surface area contributed by atoms with Crippen molar-refractivity contribution in [2.45, 2.75) is 19.3 Å². The van der Waals surface area contributed by atoms with Crippen molar-refractivity contribution in [3.8, 4) is 17.2 Å². The van der Waals surface area contributed by atoms with E-state index >= 15 is 0 Å². The largest absolute Gasteiger partial charge is 0.491 e. The van der Waals surface area contributed by atoms with Gasteiger partial charge in [-0.3, -0.25) is 9.59 Å². The van der Waals surface area contributed by atoms with Gasteiger partial charge in [-0.1, -0.05) is 24.3 Å². The minimum atomic E-state index is -1.02. The number of rotatable bonds is 3. The molecule has 3 aliphatic rings. The Kier molecular flexibility index (Phi) is 4.17. The van der Waals surface area contributed by atoms with Crippen molar-refractivity contribution in [2.75, 3.05) is 30.2 Å². The van der Waals surface area contributed by atoms with Gasteiger partial charge >= 0.3 is 0 Å². The van der Waals surface area contributed by atoms with Gasteiger partial charge in [0.05, 0.1) is 0 Å². The molecule has 3 aromatic carbocycles. The Morgan fingerprint density at radius 3 is 2.45 bits per heavy atom. The molecule has 0 radical (unpaired) electrons. The zero-order valence-corrected chi connectivity index (χ0v) is 18.3. The van der Waals surface area contributed by atoms with Crippen molar-refractivity contribution < 1.29 is 23.8 Å². The summed E-state index contributed by atoms with van der Waals surface area (Å²) in [5.74, 6) is 1.36. The number of para-hydroxylation sites is 1. The number of aryl methyl sites for hydroxylation is 2. The number of carbonyl (C=O) groups excluding carboxylic acids is 2. The van der Waals surface area contributed by atoms with Crippen LogP contribution < -0.4 is 24.4 Å². The van der Waals surface area contributed by atoms with Gasteiger partial charge in [0.1, 0.15) is 24.3 Å². The summed E-state index contributed by atoms with van der Waals surface area (Å²) in [5, 5.41) is 2.93. The lowest BCUT2D eigenvalue weighted by molar-refractivity contribution is -0.124. The topological polar surface area (TPSA) is 77.1 Å². The van der Waals surface area contributed by atoms with Crippen molar-refractivity contribution >= 4 is 23.2 Å². The van der Waals surface area contributed by atoms with Crippen LogP contribution in [0.3, 0.4) is 0 Å². The molecule has 2 amide bonds. The summed E-state index contributed by atoms with van der Waals surface area (Å²) in [7, 11) is 0. The van der Waals surface area contributed by atoms with E-state index < -0.39 is 5.41 Å². The Morgan fingerprint density at radius 2 is 1.67 bits per heavy atom. The number of ether oxygens (including phenoxy) is 3. The maximum Gasteiger partial charge on any atom is 0.246 e. The number of hydrogen-bond acceptors (Lipinski definition) is 5. The zero-order chi connectivity index (χ0) is 22.7. The third-order valence-electron chi connectivity index (χ3n) is 6.45. The molecule has 0 saturated carbocycles. The van der Waals surface area contributed by atoms with Crippen LogP contribution in [-0.2, 0) is 15.0 Å². The normalized spacial score (nSPS) is 19.5. The van der Waals surface area contributed by atoms with E-state index in [4.69, 9.17) is 14.2 Å². The Morgan fingerprint density at radius 1 is 0.939 bits per heavy atom. The fraction of sp³-hybridized carbons (Fsp3) is 0.231. The van der Waals surface area contributed by atoms with Crippen LogP contribution in [0.25, 0.3) is 0 Å². The molecular weight excluding hydrogens is 420 g/mol. The predicted molar refractivity (Wildman–Crippen MR) is 122 cm³/mol. The number of amides is 2. The summed E-state index contributed by atoms with van der Waals surface area (Å²) in [5.41, 5.74) is 4.10. The summed E-state index contributed by atoms with van der Waals surface area (Å²) in [4.78, 5) is 28.5. The van der Waals surface area contributed by atoms with E-state index in [9.17, 15) is 9.59 Å². The first-order valence-electron chi connectivity index (χ1n) is 10.8. The van der Waals surface area contributed by atoms with Crippen LogP contribution in [0.4, 0.5) is 11.4 Å². The van der Waals surface area contributed by atoms with E-state index in [1.165, 1.54) is 0 Å². The van der Waals surface area contributed by atoms with Crippen molar-refractivity contribution in [1.82, 2.24) is 0 Å². The highest BCUT2D eigenvalue weighted by atomic mass is 16.7. The van der Waals surface area contributed by atoms with Crippen LogP contribution in [0.15, 0.2) is 54.6 Å². The monoisotopic (exact) mass is 442 g/mol. The van der Waals surface area contributed by atoms with E-state index in [0.29, 0.717) is 22.9 Å². The minimum absolute atomic E-state index is 0.0928. The van der Waals surface area contributed by atoms with Crippen LogP contribution in [0, 0.1) is 13.8 Å². The molecule has 3 heterocycles. The van der Waals surface area contributed by atoms with Gasteiger partial charge in [-0.05, 0) is 54.8 Å². The van der Waals surface area contributed by atoms with Crippen LogP contribution in [0.2, 0.25) is 0 Å². The van der Waals surface area contributed by atoms with Crippen molar-refractivity contribution in [3.05, 3.63) is 76.9 Å². The first-order chi connectivity index (χ1) is 16.0. The van der Waals surface area contributed by atoms with E-state index in [-0.39, 0.29) is 31.8 Å². The molecule has 3 aliphatic heterocycles. The lowest BCUT2D eigenvalue weighted by Gasteiger charge is -2.23. The molecule has 0 aliphatic carbocycles. The number of hydrogen-bond donors (Lipinski definition) is 1. The average Bonchev–Trinajstić information content (AvgIpc) is 3.44. The van der Waals surface area contributed by atoms with Crippen molar-refractivity contribution in [1.29, 1.82) is 0 Å². The van der Waals surface area contributed by atoms with Gasteiger partial charge in [0.25, 0.3) is 0 Å². The highest BCUT2D eigenvalue weighted by Gasteiger charge is 2.57. The number of anilines is 2. The Hall–Kier alpha value is -4.00. The highest BCUT2D eigenvalue weighted by molar-refractivity contribution is 6.14. The second-order valence-corrected chi connectivity index (χ2v) is 8.73. The van der Waals surface area contributed by atoms with Gasteiger partial charge < -0.3 is 24.4 Å².